The molecule has 8 heteroatoms. The molecular formula is C15H14N2O5S. The summed E-state index contributed by atoms with van der Waals surface area (Å²) in [6.07, 6.45) is 1.09. The van der Waals surface area contributed by atoms with Gasteiger partial charge in [-0.3, -0.25) is 14.9 Å². The molecule has 0 radical (unpaired) electrons. The first kappa shape index (κ1) is 16.6. The number of rotatable bonds is 4. The van der Waals surface area contributed by atoms with E-state index < -0.39 is 20.7 Å². The molecule has 1 amide bonds. The summed E-state index contributed by atoms with van der Waals surface area (Å²) in [5.41, 5.74) is 1.01. The molecule has 0 aliphatic rings. The molecule has 2 rings (SSSR count). The quantitative estimate of drug-likeness (QED) is 0.683. The second-order valence-corrected chi connectivity index (χ2v) is 7.02. The normalized spacial score (nSPS) is 11.0. The van der Waals surface area contributed by atoms with Crippen LogP contribution in [0.3, 0.4) is 0 Å². The SMILES string of the molecule is Cc1ccc([N+](=O)[O-])cc1C(=O)Nc1ccc(S(C)(=O)=O)cc1. The maximum Gasteiger partial charge on any atom is 0.270 e. The summed E-state index contributed by atoms with van der Waals surface area (Å²) in [5.74, 6) is -0.502. The molecule has 0 heterocycles. The minimum atomic E-state index is -3.31. The van der Waals surface area contributed by atoms with E-state index in [1.165, 1.54) is 42.5 Å². The van der Waals surface area contributed by atoms with Crippen molar-refractivity contribution in [2.45, 2.75) is 11.8 Å². The lowest BCUT2D eigenvalue weighted by Gasteiger charge is -2.08. The summed E-state index contributed by atoms with van der Waals surface area (Å²) in [6.45, 7) is 1.67. The number of nitrogens with one attached hydrogen (secondary N) is 1. The van der Waals surface area contributed by atoms with Gasteiger partial charge < -0.3 is 5.32 Å². The van der Waals surface area contributed by atoms with Gasteiger partial charge in [-0.15, -0.1) is 0 Å². The van der Waals surface area contributed by atoms with Gasteiger partial charge in [0.25, 0.3) is 11.6 Å². The summed E-state index contributed by atoms with van der Waals surface area (Å²) < 4.78 is 22.8. The van der Waals surface area contributed by atoms with Crippen LogP contribution >= 0.6 is 0 Å². The zero-order valence-corrected chi connectivity index (χ0v) is 13.3. The van der Waals surface area contributed by atoms with Crippen LogP contribution in [-0.4, -0.2) is 25.5 Å². The predicted molar refractivity (Wildman–Crippen MR) is 85.3 cm³/mol. The Kier molecular flexibility index (Phi) is 4.46. The third-order valence-electron chi connectivity index (χ3n) is 3.22. The van der Waals surface area contributed by atoms with E-state index in [0.29, 0.717) is 11.3 Å². The van der Waals surface area contributed by atoms with Crippen LogP contribution in [-0.2, 0) is 9.84 Å². The van der Waals surface area contributed by atoms with E-state index in [1.807, 2.05) is 0 Å². The smallest absolute Gasteiger partial charge is 0.270 e. The van der Waals surface area contributed by atoms with E-state index in [-0.39, 0.29) is 16.1 Å². The molecule has 0 aromatic heterocycles. The number of aryl methyl sites for hydroxylation is 1. The fourth-order valence-electron chi connectivity index (χ4n) is 1.95. The van der Waals surface area contributed by atoms with Crippen LogP contribution in [0.15, 0.2) is 47.4 Å². The van der Waals surface area contributed by atoms with Crippen molar-refractivity contribution in [3.05, 3.63) is 63.7 Å². The molecule has 0 fully saturated rings. The fraction of sp³-hybridized carbons (Fsp3) is 0.133. The van der Waals surface area contributed by atoms with Crippen molar-refractivity contribution in [3.8, 4) is 0 Å². The highest BCUT2D eigenvalue weighted by atomic mass is 32.2. The molecule has 1 N–H and O–H groups in total. The number of nitro groups is 1. The van der Waals surface area contributed by atoms with E-state index in [1.54, 1.807) is 6.92 Å². The Labute approximate surface area is 133 Å². The Morgan fingerprint density at radius 3 is 2.26 bits per heavy atom. The number of non-ortho nitro benzene ring substituents is 1. The zero-order chi connectivity index (χ0) is 17.2. The van der Waals surface area contributed by atoms with Gasteiger partial charge in [0.1, 0.15) is 0 Å². The molecule has 0 saturated carbocycles. The number of carbonyl (C=O) groups is 1. The van der Waals surface area contributed by atoms with Crippen molar-refractivity contribution in [2.24, 2.45) is 0 Å². The summed E-state index contributed by atoms with van der Waals surface area (Å²) in [7, 11) is -3.31. The lowest BCUT2D eigenvalue weighted by molar-refractivity contribution is -0.384. The fourth-order valence-corrected chi connectivity index (χ4v) is 2.58. The number of amides is 1. The highest BCUT2D eigenvalue weighted by Crippen LogP contribution is 2.20. The van der Waals surface area contributed by atoms with Gasteiger partial charge in [0, 0.05) is 29.6 Å². The van der Waals surface area contributed by atoms with Crippen molar-refractivity contribution in [3.63, 3.8) is 0 Å². The monoisotopic (exact) mass is 334 g/mol. The third-order valence-corrected chi connectivity index (χ3v) is 4.35. The number of carbonyl (C=O) groups excluding carboxylic acids is 1. The van der Waals surface area contributed by atoms with Crippen LogP contribution in [0.2, 0.25) is 0 Å². The minimum absolute atomic E-state index is 0.141. The van der Waals surface area contributed by atoms with Crippen molar-refractivity contribution in [1.29, 1.82) is 0 Å². The van der Waals surface area contributed by atoms with E-state index in [4.69, 9.17) is 0 Å². The van der Waals surface area contributed by atoms with Gasteiger partial charge in [-0.2, -0.15) is 0 Å². The van der Waals surface area contributed by atoms with Gasteiger partial charge in [0.2, 0.25) is 0 Å². The van der Waals surface area contributed by atoms with Crippen LogP contribution in [0.25, 0.3) is 0 Å². The molecule has 7 nitrogen and oxygen atoms in total. The number of anilines is 1. The molecule has 23 heavy (non-hydrogen) atoms. The minimum Gasteiger partial charge on any atom is -0.322 e. The number of hydrogen-bond acceptors (Lipinski definition) is 5. The molecule has 2 aromatic carbocycles. The second-order valence-electron chi connectivity index (χ2n) is 5.01. The molecule has 2 aromatic rings. The maximum atomic E-state index is 12.2. The standard InChI is InChI=1S/C15H14N2O5S/c1-10-3-6-12(17(19)20)9-14(10)15(18)16-11-4-7-13(8-5-11)23(2,21)22/h3-9H,1-2H3,(H,16,18). The molecule has 0 atom stereocenters. The lowest BCUT2D eigenvalue weighted by Crippen LogP contribution is -2.13. The molecule has 0 saturated heterocycles. The van der Waals surface area contributed by atoms with Crippen molar-refractivity contribution in [1.82, 2.24) is 0 Å². The van der Waals surface area contributed by atoms with Gasteiger partial charge in [-0.25, -0.2) is 8.42 Å². The molecule has 0 unspecified atom stereocenters. The van der Waals surface area contributed by atoms with Gasteiger partial charge in [0.05, 0.1) is 9.82 Å². The molecule has 0 aliphatic heterocycles. The highest BCUT2D eigenvalue weighted by Gasteiger charge is 2.15. The Morgan fingerprint density at radius 1 is 1.13 bits per heavy atom. The lowest BCUT2D eigenvalue weighted by atomic mass is 10.1. The molecular weight excluding hydrogens is 320 g/mol. The first-order chi connectivity index (χ1) is 10.7. The Morgan fingerprint density at radius 2 is 1.74 bits per heavy atom. The second kappa shape index (κ2) is 6.17. The summed E-state index contributed by atoms with van der Waals surface area (Å²) in [4.78, 5) is 22.6. The summed E-state index contributed by atoms with van der Waals surface area (Å²) in [6, 6.07) is 9.71. The largest absolute Gasteiger partial charge is 0.322 e. The van der Waals surface area contributed by atoms with Crippen molar-refractivity contribution >= 4 is 27.1 Å². The molecule has 0 spiro atoms. The number of hydrogen-bond donors (Lipinski definition) is 1. The average molecular weight is 334 g/mol. The topological polar surface area (TPSA) is 106 Å². The number of sulfone groups is 1. The predicted octanol–water partition coefficient (Wildman–Crippen LogP) is 2.56. The number of nitrogens with zero attached hydrogens (tertiary/aromatic N) is 1. The molecule has 0 bridgehead atoms. The van der Waals surface area contributed by atoms with Crippen molar-refractivity contribution < 1.29 is 18.1 Å². The van der Waals surface area contributed by atoms with Crippen LogP contribution < -0.4 is 5.32 Å². The third kappa shape index (κ3) is 3.92. The van der Waals surface area contributed by atoms with Crippen LogP contribution in [0, 0.1) is 17.0 Å². The highest BCUT2D eigenvalue weighted by molar-refractivity contribution is 7.90. The Bertz CT molecular complexity index is 873. The summed E-state index contributed by atoms with van der Waals surface area (Å²) >= 11 is 0. The van der Waals surface area contributed by atoms with Crippen molar-refractivity contribution in [2.75, 3.05) is 11.6 Å². The number of nitro benzene ring substituents is 1. The Hall–Kier alpha value is -2.74. The maximum absolute atomic E-state index is 12.2. The van der Waals surface area contributed by atoms with Gasteiger partial charge >= 0.3 is 0 Å². The average Bonchev–Trinajstić information content (AvgIpc) is 2.47. The Balaban J connectivity index is 2.26. The van der Waals surface area contributed by atoms with Gasteiger partial charge in [-0.1, -0.05) is 6.07 Å². The van der Waals surface area contributed by atoms with E-state index in [9.17, 15) is 23.3 Å². The molecule has 120 valence electrons. The van der Waals surface area contributed by atoms with E-state index in [0.717, 1.165) is 6.26 Å². The first-order valence-electron chi connectivity index (χ1n) is 6.55. The van der Waals surface area contributed by atoms with Gasteiger partial charge in [-0.05, 0) is 36.8 Å². The van der Waals surface area contributed by atoms with E-state index >= 15 is 0 Å². The first-order valence-corrected chi connectivity index (χ1v) is 8.44. The van der Waals surface area contributed by atoms with Crippen LogP contribution in [0.1, 0.15) is 15.9 Å². The van der Waals surface area contributed by atoms with E-state index in [2.05, 4.69) is 5.32 Å². The number of benzene rings is 2. The van der Waals surface area contributed by atoms with Crippen LogP contribution in [0.4, 0.5) is 11.4 Å². The molecule has 0 aliphatic carbocycles. The van der Waals surface area contributed by atoms with Crippen LogP contribution in [0.5, 0.6) is 0 Å². The summed E-state index contributed by atoms with van der Waals surface area (Å²) in [5, 5.41) is 13.4. The zero-order valence-electron chi connectivity index (χ0n) is 12.4. The van der Waals surface area contributed by atoms with Gasteiger partial charge in [0.15, 0.2) is 9.84 Å².